The summed E-state index contributed by atoms with van der Waals surface area (Å²) in [7, 11) is 0. The first-order valence-electron chi connectivity index (χ1n) is 10.9. The molecule has 30 heavy (non-hydrogen) atoms. The van der Waals surface area contributed by atoms with Crippen LogP contribution in [0.2, 0.25) is 0 Å². The number of β-amino-alcohol motifs (C(OH)–C–C–N with tert-alkyl or cyclic N) is 1. The third kappa shape index (κ3) is 5.17. The summed E-state index contributed by atoms with van der Waals surface area (Å²) in [6.07, 6.45) is 3.99. The van der Waals surface area contributed by atoms with Crippen LogP contribution in [0.5, 0.6) is 0 Å². The standard InChI is InChI=1S/C25H32N4O/c1-19-8-10-23(11-9-19)29-17-22(25(27-29)21-6-3-5-20(2)15-21)16-26-12-14-28-13-4-7-24(30)18-28/h3,5-6,8-11,15,17,24,26,30H,4,7,12-14,16,18H2,1-2H3/t24-/m0/s1. The van der Waals surface area contributed by atoms with Crippen molar-refractivity contribution < 1.29 is 5.11 Å². The van der Waals surface area contributed by atoms with E-state index in [2.05, 4.69) is 78.8 Å². The van der Waals surface area contributed by atoms with Crippen LogP contribution in [-0.2, 0) is 6.54 Å². The smallest absolute Gasteiger partial charge is 0.0972 e. The molecule has 0 aliphatic carbocycles. The van der Waals surface area contributed by atoms with Gasteiger partial charge in [0.25, 0.3) is 0 Å². The Labute approximate surface area is 179 Å². The highest BCUT2D eigenvalue weighted by atomic mass is 16.3. The van der Waals surface area contributed by atoms with Crippen molar-refractivity contribution in [3.63, 3.8) is 0 Å². The molecule has 5 heteroatoms. The fourth-order valence-corrected chi connectivity index (χ4v) is 4.10. The van der Waals surface area contributed by atoms with Crippen LogP contribution in [-0.4, -0.2) is 52.1 Å². The van der Waals surface area contributed by atoms with Gasteiger partial charge in [-0.1, -0.05) is 41.5 Å². The molecule has 0 spiro atoms. The SMILES string of the molecule is Cc1ccc(-n2cc(CNCCN3CCC[C@H](O)C3)c(-c3cccc(C)c3)n2)cc1. The van der Waals surface area contributed by atoms with Crippen molar-refractivity contribution in [3.05, 3.63) is 71.4 Å². The van der Waals surface area contributed by atoms with Gasteiger partial charge in [0.1, 0.15) is 0 Å². The summed E-state index contributed by atoms with van der Waals surface area (Å²) in [5.74, 6) is 0. The lowest BCUT2D eigenvalue weighted by atomic mass is 10.1. The molecular formula is C25H32N4O. The van der Waals surface area contributed by atoms with Crippen LogP contribution in [0, 0.1) is 13.8 Å². The zero-order valence-electron chi connectivity index (χ0n) is 18.0. The van der Waals surface area contributed by atoms with Crippen molar-refractivity contribution in [3.8, 4) is 16.9 Å². The van der Waals surface area contributed by atoms with Crippen molar-refractivity contribution in [2.45, 2.75) is 39.3 Å². The number of hydrogen-bond acceptors (Lipinski definition) is 4. The number of aliphatic hydroxyl groups is 1. The molecule has 2 aromatic carbocycles. The van der Waals surface area contributed by atoms with Gasteiger partial charge >= 0.3 is 0 Å². The topological polar surface area (TPSA) is 53.3 Å². The van der Waals surface area contributed by atoms with Crippen molar-refractivity contribution in [2.24, 2.45) is 0 Å². The van der Waals surface area contributed by atoms with Crippen LogP contribution in [0.25, 0.3) is 16.9 Å². The van der Waals surface area contributed by atoms with Crippen LogP contribution >= 0.6 is 0 Å². The van der Waals surface area contributed by atoms with E-state index in [9.17, 15) is 5.11 Å². The lowest BCUT2D eigenvalue weighted by molar-refractivity contribution is 0.0712. The number of aromatic nitrogens is 2. The molecular weight excluding hydrogens is 372 g/mol. The normalized spacial score (nSPS) is 17.4. The van der Waals surface area contributed by atoms with Gasteiger partial charge in [-0.05, 0) is 51.4 Å². The van der Waals surface area contributed by atoms with Gasteiger partial charge in [-0.3, -0.25) is 4.90 Å². The Hall–Kier alpha value is -2.47. The maximum Gasteiger partial charge on any atom is 0.0972 e. The first kappa shape index (κ1) is 20.8. The molecule has 1 atom stereocenters. The monoisotopic (exact) mass is 404 g/mol. The molecule has 0 radical (unpaired) electrons. The highest BCUT2D eigenvalue weighted by Crippen LogP contribution is 2.25. The third-order valence-electron chi connectivity index (χ3n) is 5.78. The van der Waals surface area contributed by atoms with E-state index in [1.807, 2.05) is 4.68 Å². The average molecular weight is 405 g/mol. The largest absolute Gasteiger partial charge is 0.392 e. The number of aryl methyl sites for hydroxylation is 2. The maximum atomic E-state index is 9.85. The Morgan fingerprint density at radius 2 is 1.93 bits per heavy atom. The molecule has 2 heterocycles. The summed E-state index contributed by atoms with van der Waals surface area (Å²) < 4.78 is 1.98. The van der Waals surface area contributed by atoms with Crippen molar-refractivity contribution in [2.75, 3.05) is 26.2 Å². The molecule has 5 nitrogen and oxygen atoms in total. The van der Waals surface area contributed by atoms with Gasteiger partial charge in [0.15, 0.2) is 0 Å². The molecule has 0 unspecified atom stereocenters. The van der Waals surface area contributed by atoms with Gasteiger partial charge in [0.05, 0.1) is 17.5 Å². The van der Waals surface area contributed by atoms with Crippen LogP contribution in [0.1, 0.15) is 29.5 Å². The molecule has 1 aromatic heterocycles. The molecule has 1 aliphatic heterocycles. The number of piperidine rings is 1. The first-order chi connectivity index (χ1) is 14.6. The number of nitrogens with zero attached hydrogens (tertiary/aromatic N) is 3. The molecule has 1 saturated heterocycles. The van der Waals surface area contributed by atoms with Gasteiger partial charge in [0, 0.05) is 43.5 Å². The highest BCUT2D eigenvalue weighted by molar-refractivity contribution is 5.64. The fraction of sp³-hybridized carbons (Fsp3) is 0.400. The van der Waals surface area contributed by atoms with Crippen LogP contribution < -0.4 is 5.32 Å². The Morgan fingerprint density at radius 1 is 1.10 bits per heavy atom. The molecule has 3 aromatic rings. The number of rotatable bonds is 7. The van der Waals surface area contributed by atoms with Crippen LogP contribution in [0.15, 0.2) is 54.7 Å². The van der Waals surface area contributed by atoms with E-state index in [1.54, 1.807) is 0 Å². The van der Waals surface area contributed by atoms with E-state index in [4.69, 9.17) is 5.10 Å². The fourth-order valence-electron chi connectivity index (χ4n) is 4.10. The Balaban J connectivity index is 1.49. The van der Waals surface area contributed by atoms with Crippen LogP contribution in [0.3, 0.4) is 0 Å². The van der Waals surface area contributed by atoms with Gasteiger partial charge in [-0.25, -0.2) is 4.68 Å². The zero-order chi connectivity index (χ0) is 20.9. The second-order valence-corrected chi connectivity index (χ2v) is 8.43. The highest BCUT2D eigenvalue weighted by Gasteiger charge is 2.17. The lowest BCUT2D eigenvalue weighted by Crippen LogP contribution is -2.41. The van der Waals surface area contributed by atoms with Crippen molar-refractivity contribution >= 4 is 0 Å². The summed E-state index contributed by atoms with van der Waals surface area (Å²) >= 11 is 0. The molecule has 0 bridgehead atoms. The second kappa shape index (κ2) is 9.56. The van der Waals surface area contributed by atoms with E-state index >= 15 is 0 Å². The number of likely N-dealkylation sites (tertiary alicyclic amines) is 1. The molecule has 0 amide bonds. The molecule has 2 N–H and O–H groups in total. The summed E-state index contributed by atoms with van der Waals surface area (Å²) in [6, 6.07) is 17.0. The summed E-state index contributed by atoms with van der Waals surface area (Å²) in [6.45, 7) is 8.72. The van der Waals surface area contributed by atoms with Gasteiger partial charge in [-0.2, -0.15) is 5.10 Å². The summed E-state index contributed by atoms with van der Waals surface area (Å²) in [4.78, 5) is 2.35. The Bertz CT molecular complexity index is 964. The first-order valence-corrected chi connectivity index (χ1v) is 10.9. The molecule has 0 saturated carbocycles. The van der Waals surface area contributed by atoms with E-state index in [0.29, 0.717) is 0 Å². The number of aliphatic hydroxyl groups excluding tert-OH is 1. The molecule has 4 rings (SSSR count). The van der Waals surface area contributed by atoms with E-state index in [1.165, 1.54) is 16.7 Å². The predicted octanol–water partition coefficient (Wildman–Crippen LogP) is 3.70. The zero-order valence-corrected chi connectivity index (χ0v) is 18.0. The van der Waals surface area contributed by atoms with Gasteiger partial charge in [0.2, 0.25) is 0 Å². The maximum absolute atomic E-state index is 9.85. The van der Waals surface area contributed by atoms with Crippen molar-refractivity contribution in [1.82, 2.24) is 20.0 Å². The minimum Gasteiger partial charge on any atom is -0.392 e. The number of hydrogen-bond donors (Lipinski definition) is 2. The Kier molecular flexibility index (Phi) is 6.62. The Morgan fingerprint density at radius 3 is 2.70 bits per heavy atom. The minimum absolute atomic E-state index is 0.167. The number of benzene rings is 2. The van der Waals surface area contributed by atoms with Crippen molar-refractivity contribution in [1.29, 1.82) is 0 Å². The molecule has 1 aliphatic rings. The second-order valence-electron chi connectivity index (χ2n) is 8.43. The van der Waals surface area contributed by atoms with Gasteiger partial charge < -0.3 is 10.4 Å². The quantitative estimate of drug-likeness (QED) is 0.590. The van der Waals surface area contributed by atoms with Crippen LogP contribution in [0.4, 0.5) is 0 Å². The van der Waals surface area contributed by atoms with Gasteiger partial charge in [-0.15, -0.1) is 0 Å². The minimum atomic E-state index is -0.167. The van der Waals surface area contributed by atoms with E-state index in [-0.39, 0.29) is 6.10 Å². The lowest BCUT2D eigenvalue weighted by Gasteiger charge is -2.29. The summed E-state index contributed by atoms with van der Waals surface area (Å²) in [5.41, 5.74) is 6.93. The predicted molar refractivity (Wildman–Crippen MR) is 122 cm³/mol. The summed E-state index contributed by atoms with van der Waals surface area (Å²) in [5, 5.41) is 18.4. The number of nitrogens with one attached hydrogen (secondary N) is 1. The molecule has 158 valence electrons. The molecule has 1 fully saturated rings. The average Bonchev–Trinajstić information content (AvgIpc) is 3.16. The van der Waals surface area contributed by atoms with E-state index in [0.717, 1.165) is 62.5 Å². The van der Waals surface area contributed by atoms with E-state index < -0.39 is 0 Å². The third-order valence-corrected chi connectivity index (χ3v) is 5.78.